The number of carbonyl (C=O) groups is 2. The SMILES string of the molecule is CC1(C)C[C@]2(C=C(N)C1=O)CCN(C(=O)c1nc3c(Cl)cccn3n1)C2. The summed E-state index contributed by atoms with van der Waals surface area (Å²) in [7, 11) is 0. The van der Waals surface area contributed by atoms with Crippen molar-refractivity contribution in [3.8, 4) is 0 Å². The summed E-state index contributed by atoms with van der Waals surface area (Å²) in [4.78, 5) is 31.1. The van der Waals surface area contributed by atoms with Crippen molar-refractivity contribution in [1.82, 2.24) is 19.5 Å². The molecule has 4 rings (SSSR count). The Hall–Kier alpha value is -2.41. The number of fused-ring (bicyclic) bond motifs is 1. The lowest BCUT2D eigenvalue weighted by Crippen LogP contribution is -2.42. The molecule has 7 nitrogen and oxygen atoms in total. The number of halogens is 1. The zero-order chi connectivity index (χ0) is 18.7. The molecule has 1 saturated heterocycles. The van der Waals surface area contributed by atoms with E-state index in [-0.39, 0.29) is 22.9 Å². The number of ketones is 1. The lowest BCUT2D eigenvalue weighted by atomic mass is 9.65. The molecule has 2 aromatic heterocycles. The number of nitrogens with two attached hydrogens (primary N) is 1. The highest BCUT2D eigenvalue weighted by atomic mass is 35.5. The molecule has 136 valence electrons. The molecule has 1 aliphatic carbocycles. The maximum Gasteiger partial charge on any atom is 0.293 e. The second kappa shape index (κ2) is 5.54. The van der Waals surface area contributed by atoms with E-state index < -0.39 is 5.41 Å². The van der Waals surface area contributed by atoms with E-state index >= 15 is 0 Å². The van der Waals surface area contributed by atoms with Gasteiger partial charge in [-0.15, -0.1) is 5.10 Å². The Morgan fingerprint density at radius 3 is 2.85 bits per heavy atom. The summed E-state index contributed by atoms with van der Waals surface area (Å²) in [6.07, 6.45) is 5.00. The monoisotopic (exact) mass is 373 g/mol. The van der Waals surface area contributed by atoms with E-state index in [2.05, 4.69) is 10.1 Å². The summed E-state index contributed by atoms with van der Waals surface area (Å²) < 4.78 is 1.50. The topological polar surface area (TPSA) is 93.6 Å². The highest BCUT2D eigenvalue weighted by molar-refractivity contribution is 6.33. The molecule has 1 aliphatic heterocycles. The van der Waals surface area contributed by atoms with Crippen molar-refractivity contribution in [2.45, 2.75) is 26.7 Å². The lowest BCUT2D eigenvalue weighted by molar-refractivity contribution is -0.125. The van der Waals surface area contributed by atoms with E-state index in [1.165, 1.54) is 4.52 Å². The molecule has 2 aromatic rings. The normalized spacial score (nSPS) is 25.1. The number of aromatic nitrogens is 3. The predicted molar refractivity (Wildman–Crippen MR) is 96.6 cm³/mol. The molecular formula is C18H20ClN5O2. The van der Waals surface area contributed by atoms with E-state index in [1.807, 2.05) is 19.9 Å². The van der Waals surface area contributed by atoms with Crippen LogP contribution in [0.15, 0.2) is 30.1 Å². The number of likely N-dealkylation sites (tertiary alicyclic amines) is 1. The third-order valence-corrected chi connectivity index (χ3v) is 5.61. The Morgan fingerprint density at radius 2 is 2.15 bits per heavy atom. The number of allylic oxidation sites excluding steroid dienone is 1. The van der Waals surface area contributed by atoms with E-state index in [0.29, 0.717) is 35.9 Å². The number of rotatable bonds is 1. The number of carbonyl (C=O) groups excluding carboxylic acids is 2. The van der Waals surface area contributed by atoms with E-state index in [0.717, 1.165) is 6.42 Å². The minimum atomic E-state index is -0.521. The zero-order valence-electron chi connectivity index (χ0n) is 14.7. The van der Waals surface area contributed by atoms with Gasteiger partial charge in [-0.3, -0.25) is 9.59 Å². The van der Waals surface area contributed by atoms with E-state index in [9.17, 15) is 9.59 Å². The highest BCUT2D eigenvalue weighted by Gasteiger charge is 2.48. The maximum atomic E-state index is 12.9. The van der Waals surface area contributed by atoms with Gasteiger partial charge in [0.05, 0.1) is 10.7 Å². The van der Waals surface area contributed by atoms with Gasteiger partial charge in [0, 0.05) is 30.1 Å². The standard InChI is InChI=1S/C18H20ClN5O2/c1-17(2)9-18(8-12(20)13(17)25)5-7-23(10-18)16(26)14-21-15-11(19)4-3-6-24(15)22-14/h3-4,6,8H,5,7,9-10,20H2,1-2H3/t18-/m1/s1. The van der Waals surface area contributed by atoms with Gasteiger partial charge < -0.3 is 10.6 Å². The minimum absolute atomic E-state index is 0.0236. The Balaban J connectivity index is 1.61. The molecule has 2 N–H and O–H groups in total. The van der Waals surface area contributed by atoms with Gasteiger partial charge >= 0.3 is 0 Å². The van der Waals surface area contributed by atoms with E-state index in [4.69, 9.17) is 17.3 Å². The molecule has 0 radical (unpaired) electrons. The molecule has 1 spiro atoms. The van der Waals surface area contributed by atoms with Gasteiger partial charge in [-0.2, -0.15) is 0 Å². The summed E-state index contributed by atoms with van der Waals surface area (Å²) in [5, 5.41) is 4.69. The first-order valence-corrected chi connectivity index (χ1v) is 8.92. The first-order chi connectivity index (χ1) is 12.2. The first kappa shape index (κ1) is 17.0. The summed E-state index contributed by atoms with van der Waals surface area (Å²) in [5.74, 6) is -0.133. The molecular weight excluding hydrogens is 354 g/mol. The van der Waals surface area contributed by atoms with Gasteiger partial charge in [-0.05, 0) is 31.1 Å². The van der Waals surface area contributed by atoms with Crippen LogP contribution in [0.1, 0.15) is 37.3 Å². The van der Waals surface area contributed by atoms with Crippen LogP contribution in [-0.2, 0) is 4.79 Å². The van der Waals surface area contributed by atoms with Gasteiger partial charge in [-0.1, -0.05) is 25.4 Å². The molecule has 26 heavy (non-hydrogen) atoms. The molecule has 0 saturated carbocycles. The van der Waals surface area contributed by atoms with Crippen LogP contribution in [0.3, 0.4) is 0 Å². The molecule has 0 aromatic carbocycles. The van der Waals surface area contributed by atoms with Crippen molar-refractivity contribution >= 4 is 28.9 Å². The van der Waals surface area contributed by atoms with Crippen LogP contribution in [-0.4, -0.2) is 44.3 Å². The quantitative estimate of drug-likeness (QED) is 0.825. The number of Topliss-reactive ketones (excluding diaryl/α,β-unsaturated/α-hetero) is 1. The second-order valence-corrected chi connectivity index (χ2v) is 8.30. The Kier molecular flexibility index (Phi) is 3.63. The smallest absolute Gasteiger partial charge is 0.293 e. The van der Waals surface area contributed by atoms with Gasteiger partial charge in [0.1, 0.15) is 0 Å². The lowest BCUT2D eigenvalue weighted by Gasteiger charge is -2.38. The van der Waals surface area contributed by atoms with Gasteiger partial charge in [-0.25, -0.2) is 9.50 Å². The van der Waals surface area contributed by atoms with Gasteiger partial charge in [0.15, 0.2) is 11.4 Å². The largest absolute Gasteiger partial charge is 0.396 e. The second-order valence-electron chi connectivity index (χ2n) is 7.89. The molecule has 1 fully saturated rings. The molecule has 0 bridgehead atoms. The highest BCUT2D eigenvalue weighted by Crippen LogP contribution is 2.47. The van der Waals surface area contributed by atoms with Crippen LogP contribution in [0, 0.1) is 10.8 Å². The van der Waals surface area contributed by atoms with Crippen LogP contribution in [0.2, 0.25) is 5.02 Å². The Labute approximate surface area is 155 Å². The molecule has 2 aliphatic rings. The van der Waals surface area contributed by atoms with Crippen LogP contribution >= 0.6 is 11.6 Å². The fraction of sp³-hybridized carbons (Fsp3) is 0.444. The van der Waals surface area contributed by atoms with Crippen molar-refractivity contribution in [2.75, 3.05) is 13.1 Å². The maximum absolute atomic E-state index is 12.9. The fourth-order valence-electron chi connectivity index (χ4n) is 4.23. The number of nitrogens with zero attached hydrogens (tertiary/aromatic N) is 4. The van der Waals surface area contributed by atoms with Crippen LogP contribution in [0.25, 0.3) is 5.65 Å². The molecule has 8 heteroatoms. The van der Waals surface area contributed by atoms with Crippen molar-refractivity contribution in [3.05, 3.63) is 40.9 Å². The Morgan fingerprint density at radius 1 is 1.38 bits per heavy atom. The average molecular weight is 374 g/mol. The molecule has 3 heterocycles. The summed E-state index contributed by atoms with van der Waals surface area (Å²) >= 11 is 6.11. The Bertz CT molecular complexity index is 964. The average Bonchev–Trinajstić information content (AvgIpc) is 3.17. The summed E-state index contributed by atoms with van der Waals surface area (Å²) in [6, 6.07) is 3.46. The molecule has 1 amide bonds. The van der Waals surface area contributed by atoms with Crippen molar-refractivity contribution in [3.63, 3.8) is 0 Å². The number of pyridine rings is 1. The molecule has 1 atom stereocenters. The van der Waals surface area contributed by atoms with Crippen LogP contribution < -0.4 is 5.73 Å². The summed E-state index contributed by atoms with van der Waals surface area (Å²) in [5.41, 5.74) is 5.94. The third-order valence-electron chi connectivity index (χ3n) is 5.31. The van der Waals surface area contributed by atoms with Crippen LogP contribution in [0.4, 0.5) is 0 Å². The fourth-order valence-corrected chi connectivity index (χ4v) is 4.44. The number of hydrogen-bond donors (Lipinski definition) is 1. The third kappa shape index (κ3) is 2.58. The summed E-state index contributed by atoms with van der Waals surface area (Å²) in [6.45, 7) is 4.91. The van der Waals surface area contributed by atoms with Crippen LogP contribution in [0.5, 0.6) is 0 Å². The predicted octanol–water partition coefficient (Wildman–Crippen LogP) is 2.06. The van der Waals surface area contributed by atoms with Gasteiger partial charge in [0.25, 0.3) is 5.91 Å². The number of hydrogen-bond acceptors (Lipinski definition) is 5. The van der Waals surface area contributed by atoms with Crippen molar-refractivity contribution in [1.29, 1.82) is 0 Å². The number of amides is 1. The van der Waals surface area contributed by atoms with Gasteiger partial charge in [0.2, 0.25) is 5.82 Å². The molecule has 0 unspecified atom stereocenters. The van der Waals surface area contributed by atoms with Crippen molar-refractivity contribution in [2.24, 2.45) is 16.6 Å². The zero-order valence-corrected chi connectivity index (χ0v) is 15.5. The minimum Gasteiger partial charge on any atom is -0.396 e. The van der Waals surface area contributed by atoms with E-state index in [1.54, 1.807) is 23.2 Å². The first-order valence-electron chi connectivity index (χ1n) is 8.54. The van der Waals surface area contributed by atoms with Crippen molar-refractivity contribution < 1.29 is 9.59 Å².